The minimum absolute atomic E-state index is 0.0856. The SMILES string of the molecule is CC(c1ccnc(NC(=O)Oc2ccccc2)c1)C1NC(=O)N(c2ccc(OC(F)(F)F)cc2)C1=O. The number of amides is 4. The van der Waals surface area contributed by atoms with E-state index in [1.807, 2.05) is 0 Å². The molecule has 36 heavy (non-hydrogen) atoms. The largest absolute Gasteiger partial charge is 0.573 e. The molecule has 12 heteroatoms. The second-order valence-electron chi connectivity index (χ2n) is 7.73. The number of carbonyl (C=O) groups excluding carboxylic acids is 3. The van der Waals surface area contributed by atoms with Crippen molar-refractivity contribution < 1.29 is 37.0 Å². The number of rotatable bonds is 6. The van der Waals surface area contributed by atoms with Crippen LogP contribution in [0.3, 0.4) is 0 Å². The van der Waals surface area contributed by atoms with Gasteiger partial charge < -0.3 is 14.8 Å². The number of hydrogen-bond donors (Lipinski definition) is 2. The molecule has 9 nitrogen and oxygen atoms in total. The Morgan fingerprint density at radius 3 is 2.42 bits per heavy atom. The zero-order valence-corrected chi connectivity index (χ0v) is 18.7. The van der Waals surface area contributed by atoms with Gasteiger partial charge in [0.2, 0.25) is 0 Å². The fourth-order valence-corrected chi connectivity index (χ4v) is 3.60. The lowest BCUT2D eigenvalue weighted by Gasteiger charge is -2.19. The molecule has 0 bridgehead atoms. The number of nitrogens with one attached hydrogen (secondary N) is 2. The Kier molecular flexibility index (Phi) is 6.77. The fraction of sp³-hybridized carbons (Fsp3) is 0.167. The van der Waals surface area contributed by atoms with Crippen molar-refractivity contribution >= 4 is 29.5 Å². The topological polar surface area (TPSA) is 110 Å². The number of pyridine rings is 1. The van der Waals surface area contributed by atoms with Crippen molar-refractivity contribution in [3.63, 3.8) is 0 Å². The highest BCUT2D eigenvalue weighted by Gasteiger charge is 2.42. The van der Waals surface area contributed by atoms with E-state index in [2.05, 4.69) is 20.4 Å². The van der Waals surface area contributed by atoms with E-state index < -0.39 is 42.1 Å². The lowest BCUT2D eigenvalue weighted by molar-refractivity contribution is -0.274. The molecule has 0 radical (unpaired) electrons. The van der Waals surface area contributed by atoms with Gasteiger partial charge in [-0.15, -0.1) is 13.2 Å². The molecule has 1 saturated heterocycles. The first-order valence-electron chi connectivity index (χ1n) is 10.6. The van der Waals surface area contributed by atoms with Gasteiger partial charge in [-0.3, -0.25) is 10.1 Å². The van der Waals surface area contributed by atoms with Crippen LogP contribution >= 0.6 is 0 Å². The Hall–Kier alpha value is -4.61. The van der Waals surface area contributed by atoms with Crippen LogP contribution in [0.15, 0.2) is 72.9 Å². The molecular weight excluding hydrogens is 481 g/mol. The zero-order chi connectivity index (χ0) is 25.9. The molecule has 1 aliphatic rings. The van der Waals surface area contributed by atoms with Gasteiger partial charge in [0.1, 0.15) is 23.4 Å². The van der Waals surface area contributed by atoms with E-state index in [0.717, 1.165) is 17.0 Å². The first-order chi connectivity index (χ1) is 17.1. The van der Waals surface area contributed by atoms with Crippen LogP contribution in [0.2, 0.25) is 0 Å². The highest BCUT2D eigenvalue weighted by Crippen LogP contribution is 2.30. The molecule has 2 heterocycles. The summed E-state index contributed by atoms with van der Waals surface area (Å²) in [6, 6.07) is 14.3. The molecule has 2 aromatic carbocycles. The Morgan fingerprint density at radius 2 is 1.75 bits per heavy atom. The Balaban J connectivity index is 1.44. The molecule has 4 amide bonds. The van der Waals surface area contributed by atoms with Crippen molar-refractivity contribution in [1.29, 1.82) is 0 Å². The molecule has 1 aliphatic heterocycles. The lowest BCUT2D eigenvalue weighted by atomic mass is 9.94. The maximum atomic E-state index is 13.0. The summed E-state index contributed by atoms with van der Waals surface area (Å²) in [6.07, 6.45) is -4.19. The second kappa shape index (κ2) is 9.94. The molecule has 2 atom stereocenters. The number of anilines is 2. The zero-order valence-electron chi connectivity index (χ0n) is 18.7. The third kappa shape index (κ3) is 5.71. The van der Waals surface area contributed by atoms with Crippen molar-refractivity contribution in [2.45, 2.75) is 25.2 Å². The molecule has 2 N–H and O–H groups in total. The lowest BCUT2D eigenvalue weighted by Crippen LogP contribution is -2.35. The number of urea groups is 1. The van der Waals surface area contributed by atoms with Gasteiger partial charge >= 0.3 is 18.5 Å². The third-order valence-corrected chi connectivity index (χ3v) is 5.29. The number of benzene rings is 2. The van der Waals surface area contributed by atoms with Crippen molar-refractivity contribution in [2.75, 3.05) is 10.2 Å². The summed E-state index contributed by atoms with van der Waals surface area (Å²) in [4.78, 5) is 42.6. The maximum absolute atomic E-state index is 13.0. The van der Waals surface area contributed by atoms with Crippen LogP contribution in [-0.2, 0) is 4.79 Å². The summed E-state index contributed by atoms with van der Waals surface area (Å²) < 4.78 is 46.1. The molecule has 3 aromatic rings. The van der Waals surface area contributed by atoms with Crippen LogP contribution in [0, 0.1) is 0 Å². The van der Waals surface area contributed by atoms with Gasteiger partial charge in [-0.1, -0.05) is 25.1 Å². The number of para-hydroxylation sites is 1. The van der Waals surface area contributed by atoms with Crippen LogP contribution in [0.4, 0.5) is 34.3 Å². The fourth-order valence-electron chi connectivity index (χ4n) is 3.60. The van der Waals surface area contributed by atoms with Gasteiger partial charge in [-0.2, -0.15) is 0 Å². The number of carbonyl (C=O) groups is 3. The number of imide groups is 1. The molecule has 2 unspecified atom stereocenters. The van der Waals surface area contributed by atoms with Gasteiger partial charge in [0, 0.05) is 12.1 Å². The molecular formula is C24H19F3N4O5. The number of aromatic nitrogens is 1. The smallest absolute Gasteiger partial charge is 0.410 e. The quantitative estimate of drug-likeness (QED) is 0.470. The van der Waals surface area contributed by atoms with Gasteiger partial charge in [0.05, 0.1) is 5.69 Å². The third-order valence-electron chi connectivity index (χ3n) is 5.29. The number of halogens is 3. The number of nitrogens with zero attached hydrogens (tertiary/aromatic N) is 2. The Morgan fingerprint density at radius 1 is 1.06 bits per heavy atom. The van der Waals surface area contributed by atoms with Crippen LogP contribution in [0.25, 0.3) is 0 Å². The highest BCUT2D eigenvalue weighted by atomic mass is 19.4. The molecule has 1 aromatic heterocycles. The van der Waals surface area contributed by atoms with Crippen molar-refractivity contribution in [3.05, 3.63) is 78.5 Å². The normalized spacial score (nSPS) is 16.3. The summed E-state index contributed by atoms with van der Waals surface area (Å²) in [6.45, 7) is 1.70. The molecule has 0 spiro atoms. The first-order valence-corrected chi connectivity index (χ1v) is 10.6. The number of hydrogen-bond acceptors (Lipinski definition) is 6. The summed E-state index contributed by atoms with van der Waals surface area (Å²) >= 11 is 0. The average Bonchev–Trinajstić information content (AvgIpc) is 3.12. The van der Waals surface area contributed by atoms with E-state index in [9.17, 15) is 27.6 Å². The number of alkyl halides is 3. The predicted octanol–water partition coefficient (Wildman–Crippen LogP) is 4.82. The van der Waals surface area contributed by atoms with Gasteiger partial charge in [-0.25, -0.2) is 19.5 Å². The summed E-state index contributed by atoms with van der Waals surface area (Å²) in [5.74, 6) is -1.09. The van der Waals surface area contributed by atoms with E-state index in [0.29, 0.717) is 11.3 Å². The van der Waals surface area contributed by atoms with Gasteiger partial charge in [0.25, 0.3) is 5.91 Å². The van der Waals surface area contributed by atoms with E-state index >= 15 is 0 Å². The molecule has 0 aliphatic carbocycles. The van der Waals surface area contributed by atoms with Gasteiger partial charge in [0.15, 0.2) is 0 Å². The van der Waals surface area contributed by atoms with Crippen LogP contribution < -0.4 is 25.0 Å². The molecule has 0 saturated carbocycles. The van der Waals surface area contributed by atoms with E-state index in [1.54, 1.807) is 49.4 Å². The second-order valence-corrected chi connectivity index (χ2v) is 7.73. The van der Waals surface area contributed by atoms with Crippen molar-refractivity contribution in [3.8, 4) is 11.5 Å². The molecule has 186 valence electrons. The van der Waals surface area contributed by atoms with E-state index in [-0.39, 0.29) is 11.5 Å². The summed E-state index contributed by atoms with van der Waals surface area (Å²) in [5.41, 5.74) is 0.678. The van der Waals surface area contributed by atoms with Crippen molar-refractivity contribution in [2.24, 2.45) is 0 Å². The molecule has 1 fully saturated rings. The van der Waals surface area contributed by atoms with Crippen LogP contribution in [0.5, 0.6) is 11.5 Å². The Labute approximate surface area is 202 Å². The summed E-state index contributed by atoms with van der Waals surface area (Å²) in [7, 11) is 0. The maximum Gasteiger partial charge on any atom is 0.573 e. The monoisotopic (exact) mass is 500 g/mol. The minimum atomic E-state index is -4.86. The number of ether oxygens (including phenoxy) is 2. The summed E-state index contributed by atoms with van der Waals surface area (Å²) in [5, 5.41) is 5.10. The van der Waals surface area contributed by atoms with E-state index in [1.165, 1.54) is 18.3 Å². The highest BCUT2D eigenvalue weighted by molar-refractivity contribution is 6.21. The average molecular weight is 500 g/mol. The minimum Gasteiger partial charge on any atom is -0.410 e. The molecule has 4 rings (SSSR count). The van der Waals surface area contributed by atoms with Crippen molar-refractivity contribution in [1.82, 2.24) is 10.3 Å². The standard InChI is InChI=1S/C24H19F3N4O5/c1-14(15-11-12-28-19(13-15)29-23(34)35-17-5-3-2-4-6-17)20-21(32)31(22(33)30-20)16-7-9-18(10-8-16)36-24(25,26)27/h2-14,20H,1H3,(H,30,33)(H,28,29,34). The first kappa shape index (κ1) is 24.5. The van der Waals surface area contributed by atoms with Crippen LogP contribution in [0.1, 0.15) is 18.4 Å². The Bertz CT molecular complexity index is 1270. The van der Waals surface area contributed by atoms with Crippen LogP contribution in [-0.4, -0.2) is 35.4 Å². The van der Waals surface area contributed by atoms with E-state index in [4.69, 9.17) is 4.74 Å². The predicted molar refractivity (Wildman–Crippen MR) is 122 cm³/mol. The van der Waals surface area contributed by atoms with Gasteiger partial charge in [-0.05, 0) is 54.1 Å².